The molecule has 0 atom stereocenters. The van der Waals surface area contributed by atoms with Crippen molar-refractivity contribution in [2.24, 2.45) is 0 Å². The quantitative estimate of drug-likeness (QED) is 0.163. The molecule has 1 saturated carbocycles. The molecule has 9 nitrogen and oxygen atoms in total. The zero-order valence-corrected chi connectivity index (χ0v) is 25.8. The van der Waals surface area contributed by atoms with E-state index in [1.54, 1.807) is 0 Å². The highest BCUT2D eigenvalue weighted by molar-refractivity contribution is 5.91. The summed E-state index contributed by atoms with van der Waals surface area (Å²) < 4.78 is 16.4. The van der Waals surface area contributed by atoms with Crippen LogP contribution in [-0.2, 0) is 27.2 Å². The predicted octanol–water partition coefficient (Wildman–Crippen LogP) is 7.60. The fraction of sp³-hybridized carbons (Fsp3) is 0.400. The normalized spacial score (nSPS) is 16.3. The van der Waals surface area contributed by atoms with Gasteiger partial charge in [-0.25, -0.2) is 14.4 Å². The summed E-state index contributed by atoms with van der Waals surface area (Å²) in [7, 11) is 0. The third-order valence-corrected chi connectivity index (χ3v) is 7.20. The lowest BCUT2D eigenvalue weighted by molar-refractivity contribution is 0.0440. The summed E-state index contributed by atoms with van der Waals surface area (Å²) in [4.78, 5) is 37.2. The van der Waals surface area contributed by atoms with E-state index in [0.29, 0.717) is 50.8 Å². The summed E-state index contributed by atoms with van der Waals surface area (Å²) in [5.74, 6) is 0. The molecule has 0 aliphatic heterocycles. The number of carbonyl (C=O) groups is 3. The van der Waals surface area contributed by atoms with E-state index < -0.39 is 23.9 Å². The summed E-state index contributed by atoms with van der Waals surface area (Å²) in [6.45, 7) is 6.18. The first kappa shape index (κ1) is 32.4. The van der Waals surface area contributed by atoms with Crippen LogP contribution in [-0.4, -0.2) is 42.6 Å². The number of hydrogen-bond acceptors (Lipinski definition) is 6. The van der Waals surface area contributed by atoms with E-state index in [1.807, 2.05) is 99.6 Å². The molecule has 0 heterocycles. The highest BCUT2D eigenvalue weighted by Crippen LogP contribution is 2.30. The van der Waals surface area contributed by atoms with Crippen molar-refractivity contribution in [3.05, 3.63) is 90.0 Å². The van der Waals surface area contributed by atoms with E-state index in [0.717, 1.165) is 22.3 Å². The maximum absolute atomic E-state index is 13.0. The summed E-state index contributed by atoms with van der Waals surface area (Å²) >= 11 is 0. The van der Waals surface area contributed by atoms with Crippen LogP contribution in [0.4, 0.5) is 20.1 Å². The van der Waals surface area contributed by atoms with Gasteiger partial charge in [0.1, 0.15) is 18.3 Å². The van der Waals surface area contributed by atoms with Gasteiger partial charge in [0.25, 0.3) is 0 Å². The molecule has 3 aromatic carbocycles. The van der Waals surface area contributed by atoms with Crippen molar-refractivity contribution in [1.29, 1.82) is 0 Å². The molecule has 0 spiro atoms. The Morgan fingerprint density at radius 3 is 2.16 bits per heavy atom. The molecule has 1 aliphatic carbocycles. The third-order valence-electron chi connectivity index (χ3n) is 7.20. The van der Waals surface area contributed by atoms with E-state index in [9.17, 15) is 14.4 Å². The van der Waals surface area contributed by atoms with Crippen LogP contribution in [0.2, 0.25) is 0 Å². The molecule has 0 radical (unpaired) electrons. The molecule has 3 aromatic rings. The summed E-state index contributed by atoms with van der Waals surface area (Å²) in [6, 6.07) is 25.4. The molecule has 1 aliphatic rings. The molecule has 0 aromatic heterocycles. The smallest absolute Gasteiger partial charge is 0.411 e. The van der Waals surface area contributed by atoms with Crippen LogP contribution >= 0.6 is 0 Å². The van der Waals surface area contributed by atoms with E-state index in [1.165, 1.54) is 0 Å². The largest absolute Gasteiger partial charge is 0.446 e. The molecule has 0 unspecified atom stereocenters. The average molecular weight is 602 g/mol. The SMILES string of the molecule is CC(C)(C)OC(=O)NC1CCC(OC(=O)Nc2cc(CCCNC(=O)OCc3ccccc3)ccc2-c2ccccc2)CC1. The third kappa shape index (κ3) is 10.9. The fourth-order valence-corrected chi connectivity index (χ4v) is 5.07. The predicted molar refractivity (Wildman–Crippen MR) is 170 cm³/mol. The Hall–Kier alpha value is -4.53. The molecule has 234 valence electrons. The van der Waals surface area contributed by atoms with Gasteiger partial charge in [0.15, 0.2) is 0 Å². The second kappa shape index (κ2) is 15.8. The van der Waals surface area contributed by atoms with Crippen molar-refractivity contribution in [2.75, 3.05) is 11.9 Å². The van der Waals surface area contributed by atoms with Crippen molar-refractivity contribution in [1.82, 2.24) is 10.6 Å². The van der Waals surface area contributed by atoms with Crippen LogP contribution in [0, 0.1) is 0 Å². The molecule has 44 heavy (non-hydrogen) atoms. The molecule has 4 rings (SSSR count). The summed E-state index contributed by atoms with van der Waals surface area (Å²) in [5, 5.41) is 8.67. The van der Waals surface area contributed by atoms with Crippen molar-refractivity contribution in [3.8, 4) is 11.1 Å². The highest BCUT2D eigenvalue weighted by Gasteiger charge is 2.27. The molecular weight excluding hydrogens is 558 g/mol. The zero-order valence-electron chi connectivity index (χ0n) is 25.8. The minimum Gasteiger partial charge on any atom is -0.446 e. The Balaban J connectivity index is 1.27. The summed E-state index contributed by atoms with van der Waals surface area (Å²) in [6.07, 6.45) is 2.50. The first-order chi connectivity index (χ1) is 21.1. The first-order valence-corrected chi connectivity index (χ1v) is 15.2. The van der Waals surface area contributed by atoms with Crippen LogP contribution < -0.4 is 16.0 Å². The number of alkyl carbamates (subject to hydrolysis) is 2. The van der Waals surface area contributed by atoms with Gasteiger partial charge >= 0.3 is 18.3 Å². The Morgan fingerprint density at radius 1 is 0.795 bits per heavy atom. The maximum Gasteiger partial charge on any atom is 0.411 e. The number of hydrogen-bond donors (Lipinski definition) is 3. The number of anilines is 1. The van der Waals surface area contributed by atoms with Gasteiger partial charge in [-0.3, -0.25) is 5.32 Å². The van der Waals surface area contributed by atoms with Crippen molar-refractivity contribution < 1.29 is 28.6 Å². The molecule has 9 heteroatoms. The van der Waals surface area contributed by atoms with Crippen LogP contribution in [0.5, 0.6) is 0 Å². The number of nitrogens with one attached hydrogen (secondary N) is 3. The van der Waals surface area contributed by atoms with Gasteiger partial charge in [-0.15, -0.1) is 0 Å². The first-order valence-electron chi connectivity index (χ1n) is 15.2. The molecular formula is C35H43N3O6. The lowest BCUT2D eigenvalue weighted by atomic mass is 9.93. The Morgan fingerprint density at radius 2 is 1.48 bits per heavy atom. The molecule has 1 fully saturated rings. The number of rotatable bonds is 10. The number of amides is 3. The minimum atomic E-state index is -0.550. The van der Waals surface area contributed by atoms with Gasteiger partial charge in [0.05, 0.1) is 5.69 Å². The highest BCUT2D eigenvalue weighted by atomic mass is 16.6. The van der Waals surface area contributed by atoms with Crippen LogP contribution in [0.1, 0.15) is 64.0 Å². The Bertz CT molecular complexity index is 1370. The molecule has 0 saturated heterocycles. The second-order valence-corrected chi connectivity index (χ2v) is 12.0. The Labute approximate surface area is 259 Å². The van der Waals surface area contributed by atoms with Gasteiger partial charge in [-0.1, -0.05) is 72.8 Å². The van der Waals surface area contributed by atoms with Gasteiger partial charge < -0.3 is 24.8 Å². The molecule has 3 amide bonds. The fourth-order valence-electron chi connectivity index (χ4n) is 5.07. The van der Waals surface area contributed by atoms with Crippen LogP contribution in [0.25, 0.3) is 11.1 Å². The lowest BCUT2D eigenvalue weighted by Gasteiger charge is -2.30. The van der Waals surface area contributed by atoms with Crippen molar-refractivity contribution >= 4 is 24.0 Å². The molecule has 0 bridgehead atoms. The number of aryl methyl sites for hydroxylation is 1. The average Bonchev–Trinajstić information content (AvgIpc) is 2.99. The van der Waals surface area contributed by atoms with Crippen LogP contribution in [0.3, 0.4) is 0 Å². The summed E-state index contributed by atoms with van der Waals surface area (Å²) in [5.41, 5.74) is 3.93. The number of carbonyl (C=O) groups excluding carboxylic acids is 3. The van der Waals surface area contributed by atoms with Gasteiger partial charge in [0, 0.05) is 18.2 Å². The van der Waals surface area contributed by atoms with Gasteiger partial charge in [-0.05, 0) is 82.1 Å². The van der Waals surface area contributed by atoms with Crippen molar-refractivity contribution in [2.45, 2.75) is 83.6 Å². The van der Waals surface area contributed by atoms with E-state index in [-0.39, 0.29) is 18.8 Å². The molecule has 3 N–H and O–H groups in total. The standard InChI is InChI=1S/C35H43N3O6/c1-35(2,3)44-34(41)37-28-17-19-29(20-18-28)43-33(40)38-31-23-25(16-21-30(31)27-14-8-5-9-15-27)13-10-22-36-32(39)42-24-26-11-6-4-7-12-26/h4-9,11-12,14-16,21,23,28-29H,10,13,17-20,22,24H2,1-3H3,(H,36,39)(H,37,41)(H,38,40). The second-order valence-electron chi connectivity index (χ2n) is 12.0. The number of benzene rings is 3. The topological polar surface area (TPSA) is 115 Å². The van der Waals surface area contributed by atoms with Crippen LogP contribution in [0.15, 0.2) is 78.9 Å². The minimum absolute atomic E-state index is 0.00525. The van der Waals surface area contributed by atoms with Gasteiger partial charge in [-0.2, -0.15) is 0 Å². The maximum atomic E-state index is 13.0. The zero-order chi connectivity index (χ0) is 31.4. The Kier molecular flexibility index (Phi) is 11.6. The van der Waals surface area contributed by atoms with Gasteiger partial charge in [0.2, 0.25) is 0 Å². The van der Waals surface area contributed by atoms with E-state index in [4.69, 9.17) is 14.2 Å². The van der Waals surface area contributed by atoms with E-state index in [2.05, 4.69) is 16.0 Å². The van der Waals surface area contributed by atoms with Crippen molar-refractivity contribution in [3.63, 3.8) is 0 Å². The van der Waals surface area contributed by atoms with E-state index >= 15 is 0 Å². The number of ether oxygens (including phenoxy) is 3. The monoisotopic (exact) mass is 601 g/mol. The lowest BCUT2D eigenvalue weighted by Crippen LogP contribution is -2.42.